The highest BCUT2D eigenvalue weighted by atomic mass is 32.2. The summed E-state index contributed by atoms with van der Waals surface area (Å²) in [5, 5.41) is 2.83. The summed E-state index contributed by atoms with van der Waals surface area (Å²) in [6.07, 6.45) is 0.550. The summed E-state index contributed by atoms with van der Waals surface area (Å²) in [6.45, 7) is 7.30. The molecule has 156 valence electrons. The average Bonchev–Trinajstić information content (AvgIpc) is 3.25. The topological polar surface area (TPSA) is 80.1 Å². The molecule has 1 heterocycles. The number of carbonyl (C=O) groups excluding carboxylic acids is 1. The number of hydrogen-bond acceptors (Lipinski definition) is 4. The molecule has 3 aromatic carbocycles. The lowest BCUT2D eigenvalue weighted by atomic mass is 10.1. The van der Waals surface area contributed by atoms with Crippen molar-refractivity contribution < 1.29 is 17.9 Å². The van der Waals surface area contributed by atoms with E-state index in [4.69, 9.17) is 11.3 Å². The molecular formula is C23H19N3O4S. The molecule has 0 unspecified atom stereocenters. The molecule has 0 spiro atoms. The van der Waals surface area contributed by atoms with Crippen LogP contribution in [0.3, 0.4) is 0 Å². The molecule has 0 fully saturated rings. The number of nitrogens with one attached hydrogen (secondary N) is 1. The van der Waals surface area contributed by atoms with Gasteiger partial charge in [0.15, 0.2) is 5.69 Å². The highest BCUT2D eigenvalue weighted by Crippen LogP contribution is 2.39. The van der Waals surface area contributed by atoms with Crippen molar-refractivity contribution in [3.05, 3.63) is 89.3 Å². The van der Waals surface area contributed by atoms with Crippen molar-refractivity contribution in [2.45, 2.75) is 11.3 Å². The first-order chi connectivity index (χ1) is 14.9. The fourth-order valence-electron chi connectivity index (χ4n) is 3.52. The fourth-order valence-corrected chi connectivity index (χ4v) is 5.04. The van der Waals surface area contributed by atoms with Gasteiger partial charge in [0.25, 0.3) is 15.9 Å². The molecule has 1 aliphatic rings. The van der Waals surface area contributed by atoms with E-state index in [0.717, 1.165) is 5.56 Å². The number of anilines is 2. The van der Waals surface area contributed by atoms with E-state index in [1.165, 1.54) is 23.5 Å². The normalized spacial score (nSPS) is 12.7. The minimum absolute atomic E-state index is 0.150. The number of carbonyl (C=O) groups is 1. The number of nitrogens with zero attached hydrogens (tertiary/aromatic N) is 2. The summed E-state index contributed by atoms with van der Waals surface area (Å²) >= 11 is 0. The van der Waals surface area contributed by atoms with Gasteiger partial charge in [-0.3, -0.25) is 9.10 Å². The zero-order valence-corrected chi connectivity index (χ0v) is 17.5. The largest absolute Gasteiger partial charge is 0.497 e. The lowest BCUT2D eigenvalue weighted by molar-refractivity contribution is 0.102. The minimum Gasteiger partial charge on any atom is -0.497 e. The van der Waals surface area contributed by atoms with Crippen LogP contribution in [0, 0.1) is 6.57 Å². The molecule has 0 saturated carbocycles. The van der Waals surface area contributed by atoms with Crippen LogP contribution in [-0.4, -0.2) is 28.0 Å². The zero-order chi connectivity index (χ0) is 22.0. The molecular weight excluding hydrogens is 414 g/mol. The lowest BCUT2D eigenvalue weighted by Gasteiger charge is -2.22. The van der Waals surface area contributed by atoms with E-state index in [-0.39, 0.29) is 17.3 Å². The van der Waals surface area contributed by atoms with Crippen LogP contribution in [0.4, 0.5) is 17.1 Å². The van der Waals surface area contributed by atoms with E-state index in [2.05, 4.69) is 10.2 Å². The summed E-state index contributed by atoms with van der Waals surface area (Å²) < 4.78 is 33.1. The highest BCUT2D eigenvalue weighted by molar-refractivity contribution is 7.92. The molecule has 0 radical (unpaired) electrons. The van der Waals surface area contributed by atoms with Gasteiger partial charge in [0, 0.05) is 12.1 Å². The van der Waals surface area contributed by atoms with Gasteiger partial charge in [-0.1, -0.05) is 36.4 Å². The number of benzene rings is 3. The number of ether oxygens (including phenoxy) is 1. The van der Waals surface area contributed by atoms with Crippen molar-refractivity contribution in [1.82, 2.24) is 0 Å². The lowest BCUT2D eigenvalue weighted by Crippen LogP contribution is -2.30. The van der Waals surface area contributed by atoms with Gasteiger partial charge >= 0.3 is 0 Å². The van der Waals surface area contributed by atoms with E-state index in [0.29, 0.717) is 34.8 Å². The van der Waals surface area contributed by atoms with Crippen LogP contribution in [0.5, 0.6) is 5.75 Å². The Bertz CT molecular complexity index is 1280. The third-order valence-corrected chi connectivity index (χ3v) is 6.92. The maximum Gasteiger partial charge on any atom is 0.264 e. The number of fused-ring (bicyclic) bond motifs is 1. The van der Waals surface area contributed by atoms with E-state index in [1.54, 1.807) is 48.5 Å². The van der Waals surface area contributed by atoms with Crippen LogP contribution in [0.25, 0.3) is 4.85 Å². The van der Waals surface area contributed by atoms with Gasteiger partial charge in [0.2, 0.25) is 0 Å². The molecule has 4 rings (SSSR count). The van der Waals surface area contributed by atoms with Crippen LogP contribution < -0.4 is 14.4 Å². The van der Waals surface area contributed by atoms with E-state index >= 15 is 0 Å². The predicted octanol–water partition coefficient (Wildman–Crippen LogP) is 4.25. The monoisotopic (exact) mass is 433 g/mol. The molecule has 1 N–H and O–H groups in total. The van der Waals surface area contributed by atoms with Gasteiger partial charge in [-0.15, -0.1) is 0 Å². The highest BCUT2D eigenvalue weighted by Gasteiger charge is 2.33. The first-order valence-electron chi connectivity index (χ1n) is 9.51. The van der Waals surface area contributed by atoms with Crippen LogP contribution >= 0.6 is 0 Å². The Balaban J connectivity index is 1.67. The van der Waals surface area contributed by atoms with Crippen molar-refractivity contribution in [3.8, 4) is 5.75 Å². The molecule has 0 atom stereocenters. The Kier molecular flexibility index (Phi) is 5.36. The quantitative estimate of drug-likeness (QED) is 0.610. The minimum atomic E-state index is -3.82. The van der Waals surface area contributed by atoms with Crippen LogP contribution in [-0.2, 0) is 16.4 Å². The summed E-state index contributed by atoms with van der Waals surface area (Å²) in [6, 6.07) is 17.8. The van der Waals surface area contributed by atoms with Gasteiger partial charge in [-0.25, -0.2) is 13.3 Å². The van der Waals surface area contributed by atoms with Gasteiger partial charge in [-0.05, 0) is 42.3 Å². The van der Waals surface area contributed by atoms with Crippen LogP contribution in [0.15, 0.2) is 71.6 Å². The Labute approximate surface area is 180 Å². The second-order valence-electron chi connectivity index (χ2n) is 6.93. The molecule has 7 nitrogen and oxygen atoms in total. The summed E-state index contributed by atoms with van der Waals surface area (Å²) in [7, 11) is -2.30. The third-order valence-electron chi connectivity index (χ3n) is 5.11. The number of hydrogen-bond donors (Lipinski definition) is 1. The summed E-state index contributed by atoms with van der Waals surface area (Å²) in [5.74, 6) is 0.191. The van der Waals surface area contributed by atoms with Crippen molar-refractivity contribution in [2.24, 2.45) is 0 Å². The molecule has 31 heavy (non-hydrogen) atoms. The SMILES string of the molecule is [C-]#[N+]c1ccc(C(=O)Nc2cccc3c2N(S(=O)(=O)c2ccc(OC)cc2)CC3)cc1. The maximum absolute atomic E-state index is 13.3. The Morgan fingerprint density at radius 3 is 2.42 bits per heavy atom. The van der Waals surface area contributed by atoms with Crippen molar-refractivity contribution in [1.29, 1.82) is 0 Å². The number of methoxy groups -OCH3 is 1. The predicted molar refractivity (Wildman–Crippen MR) is 118 cm³/mol. The van der Waals surface area contributed by atoms with Crippen molar-refractivity contribution >= 4 is 33.0 Å². The molecule has 0 bridgehead atoms. The number of amides is 1. The zero-order valence-electron chi connectivity index (χ0n) is 16.7. The van der Waals surface area contributed by atoms with Gasteiger partial charge in [0.1, 0.15) is 5.75 Å². The van der Waals surface area contributed by atoms with Gasteiger partial charge in [0.05, 0.1) is 30.0 Å². The second-order valence-corrected chi connectivity index (χ2v) is 8.79. The number of rotatable bonds is 5. The second kappa shape index (κ2) is 8.13. The smallest absolute Gasteiger partial charge is 0.264 e. The fraction of sp³-hybridized carbons (Fsp3) is 0.130. The molecule has 3 aromatic rings. The number of sulfonamides is 1. The molecule has 0 aliphatic carbocycles. The molecule has 8 heteroatoms. The molecule has 0 saturated heterocycles. The van der Waals surface area contributed by atoms with Gasteiger partial charge < -0.3 is 10.1 Å². The number of para-hydroxylation sites is 1. The Morgan fingerprint density at radius 2 is 1.77 bits per heavy atom. The van der Waals surface area contributed by atoms with E-state index in [9.17, 15) is 13.2 Å². The summed E-state index contributed by atoms with van der Waals surface area (Å²) in [5.41, 5.74) is 2.57. The van der Waals surface area contributed by atoms with Crippen LogP contribution in [0.1, 0.15) is 15.9 Å². The Morgan fingerprint density at radius 1 is 1.06 bits per heavy atom. The maximum atomic E-state index is 13.3. The molecule has 1 aliphatic heterocycles. The third kappa shape index (κ3) is 3.83. The molecule has 0 aromatic heterocycles. The standard InChI is InChI=1S/C23H19N3O4S/c1-24-18-8-6-17(7-9-18)23(27)25-21-5-3-4-16-14-15-26(22(16)21)31(28,29)20-12-10-19(30-2)11-13-20/h3-13H,14-15H2,2H3,(H,25,27). The van der Waals surface area contributed by atoms with Gasteiger partial charge in [-0.2, -0.15) is 0 Å². The first kappa shape index (κ1) is 20.4. The Hall–Kier alpha value is -3.83. The van der Waals surface area contributed by atoms with Crippen molar-refractivity contribution in [2.75, 3.05) is 23.3 Å². The van der Waals surface area contributed by atoms with Crippen LogP contribution in [0.2, 0.25) is 0 Å². The van der Waals surface area contributed by atoms with Crippen molar-refractivity contribution in [3.63, 3.8) is 0 Å². The molecule has 1 amide bonds. The van der Waals surface area contributed by atoms with E-state index < -0.39 is 10.0 Å². The van der Waals surface area contributed by atoms with E-state index in [1.807, 2.05) is 6.07 Å². The summed E-state index contributed by atoms with van der Waals surface area (Å²) in [4.78, 5) is 16.2. The average molecular weight is 433 g/mol. The first-order valence-corrected chi connectivity index (χ1v) is 11.0.